The molecule has 0 amide bonds. The van der Waals surface area contributed by atoms with E-state index in [2.05, 4.69) is 103 Å². The Kier molecular flexibility index (Phi) is 3.02. The smallest absolute Gasteiger partial charge is 0.232 e. The molecular weight excluding hydrogens is 280 g/mol. The summed E-state index contributed by atoms with van der Waals surface area (Å²) in [5.41, 5.74) is 1.31. The molecule has 2 nitrogen and oxygen atoms in total. The fourth-order valence-corrected chi connectivity index (χ4v) is 3.14. The second-order valence-corrected chi connectivity index (χ2v) is 7.06. The first-order chi connectivity index (χ1) is 11.0. The number of benzene rings is 3. The lowest BCUT2D eigenvalue weighted by molar-refractivity contribution is -0.753. The lowest BCUT2D eigenvalue weighted by Gasteiger charge is -2.13. The summed E-state index contributed by atoms with van der Waals surface area (Å²) in [6.45, 7) is 6.65. The van der Waals surface area contributed by atoms with Crippen LogP contribution in [0, 0.1) is 0 Å². The molecule has 1 heterocycles. The Balaban J connectivity index is 2.04. The van der Waals surface area contributed by atoms with Crippen LogP contribution in [0.1, 0.15) is 20.8 Å². The minimum absolute atomic E-state index is 0.0813. The van der Waals surface area contributed by atoms with Crippen molar-refractivity contribution >= 4 is 21.5 Å². The van der Waals surface area contributed by atoms with Crippen molar-refractivity contribution in [3.05, 3.63) is 73.3 Å². The van der Waals surface area contributed by atoms with Crippen LogP contribution in [0.5, 0.6) is 0 Å². The van der Waals surface area contributed by atoms with E-state index in [1.165, 1.54) is 27.2 Å². The van der Waals surface area contributed by atoms with Gasteiger partial charge in [0.1, 0.15) is 23.6 Å². The summed E-state index contributed by atoms with van der Waals surface area (Å²) in [5, 5.41) is 5.17. The van der Waals surface area contributed by atoms with Gasteiger partial charge in [-0.25, -0.2) is 9.13 Å². The number of hydrogen-bond acceptors (Lipinski definition) is 0. The fourth-order valence-electron chi connectivity index (χ4n) is 3.14. The van der Waals surface area contributed by atoms with Crippen LogP contribution in [-0.2, 0) is 5.54 Å². The summed E-state index contributed by atoms with van der Waals surface area (Å²) in [6.07, 6.45) is 6.46. The molecule has 0 radical (unpaired) electrons. The summed E-state index contributed by atoms with van der Waals surface area (Å²) < 4.78 is 4.47. The maximum Gasteiger partial charge on any atom is 0.249 e. The number of nitrogens with zero attached hydrogens (tertiary/aromatic N) is 2. The van der Waals surface area contributed by atoms with Gasteiger partial charge in [-0.15, -0.1) is 0 Å². The van der Waals surface area contributed by atoms with Crippen molar-refractivity contribution in [1.82, 2.24) is 4.57 Å². The van der Waals surface area contributed by atoms with E-state index in [0.29, 0.717) is 0 Å². The van der Waals surface area contributed by atoms with Crippen LogP contribution in [0.4, 0.5) is 0 Å². The quantitative estimate of drug-likeness (QED) is 0.352. The third-order valence-corrected chi connectivity index (χ3v) is 4.44. The van der Waals surface area contributed by atoms with Crippen LogP contribution < -0.4 is 4.57 Å². The van der Waals surface area contributed by atoms with Crippen LogP contribution >= 0.6 is 0 Å². The Bertz CT molecular complexity index is 1000. The van der Waals surface area contributed by atoms with Gasteiger partial charge in [0, 0.05) is 5.39 Å². The van der Waals surface area contributed by atoms with Gasteiger partial charge in [0.2, 0.25) is 6.33 Å². The lowest BCUT2D eigenvalue weighted by Crippen LogP contribution is -2.48. The number of hydrogen-bond donors (Lipinski definition) is 0. The highest BCUT2D eigenvalue weighted by molar-refractivity contribution is 6.11. The van der Waals surface area contributed by atoms with Gasteiger partial charge >= 0.3 is 0 Å². The molecule has 0 aliphatic heterocycles. The second kappa shape index (κ2) is 4.95. The molecule has 0 saturated carbocycles. The topological polar surface area (TPSA) is 8.81 Å². The van der Waals surface area contributed by atoms with Crippen molar-refractivity contribution < 1.29 is 4.57 Å². The van der Waals surface area contributed by atoms with Gasteiger partial charge in [0.05, 0.1) is 0 Å². The Hall–Kier alpha value is -2.61. The van der Waals surface area contributed by atoms with E-state index in [1.54, 1.807) is 0 Å². The minimum atomic E-state index is 0.0813. The minimum Gasteiger partial charge on any atom is -0.232 e. The lowest BCUT2D eigenvalue weighted by atomic mass is 10.0. The summed E-state index contributed by atoms with van der Waals surface area (Å²) in [7, 11) is 0. The zero-order valence-electron chi connectivity index (χ0n) is 13.8. The predicted octanol–water partition coefficient (Wildman–Crippen LogP) is 4.83. The normalized spacial score (nSPS) is 12.1. The van der Waals surface area contributed by atoms with Crippen molar-refractivity contribution in [2.24, 2.45) is 0 Å². The van der Waals surface area contributed by atoms with E-state index in [0.717, 1.165) is 0 Å². The number of aromatic nitrogens is 2. The molecule has 0 saturated heterocycles. The molecule has 4 aromatic rings. The van der Waals surface area contributed by atoms with Crippen LogP contribution in [-0.4, -0.2) is 4.57 Å². The molecule has 4 rings (SSSR count). The van der Waals surface area contributed by atoms with Crippen LogP contribution in [0.3, 0.4) is 0 Å². The Morgan fingerprint density at radius 3 is 2.17 bits per heavy atom. The van der Waals surface area contributed by atoms with Crippen molar-refractivity contribution in [1.29, 1.82) is 0 Å². The highest BCUT2D eigenvalue weighted by atomic mass is 15.1. The molecule has 114 valence electrons. The predicted molar refractivity (Wildman–Crippen MR) is 96.0 cm³/mol. The van der Waals surface area contributed by atoms with Crippen LogP contribution in [0.2, 0.25) is 0 Å². The van der Waals surface area contributed by atoms with Gasteiger partial charge in [0.15, 0.2) is 0 Å². The number of imidazole rings is 1. The summed E-state index contributed by atoms with van der Waals surface area (Å²) in [5.74, 6) is 0. The standard InChI is InChI=1S/C21H21N2/c1-21(2,3)23-13-12-22(15-23)20-14-16-8-4-5-9-17(16)18-10-6-7-11-19(18)20/h4-15H,1-3H3/q+1. The molecule has 0 aliphatic carbocycles. The van der Waals surface area contributed by atoms with E-state index < -0.39 is 0 Å². The highest BCUT2D eigenvalue weighted by Gasteiger charge is 2.20. The Morgan fingerprint density at radius 1 is 0.826 bits per heavy atom. The Morgan fingerprint density at radius 2 is 1.48 bits per heavy atom. The van der Waals surface area contributed by atoms with Crippen LogP contribution in [0.15, 0.2) is 73.3 Å². The van der Waals surface area contributed by atoms with E-state index in [4.69, 9.17) is 0 Å². The van der Waals surface area contributed by atoms with Crippen molar-refractivity contribution in [3.63, 3.8) is 0 Å². The van der Waals surface area contributed by atoms with Gasteiger partial charge in [-0.1, -0.05) is 48.5 Å². The molecule has 0 unspecified atom stereocenters. The van der Waals surface area contributed by atoms with Gasteiger partial charge in [-0.05, 0) is 43.0 Å². The van der Waals surface area contributed by atoms with Gasteiger partial charge in [0.25, 0.3) is 0 Å². The average molecular weight is 301 g/mol. The maximum atomic E-state index is 2.28. The van der Waals surface area contributed by atoms with Gasteiger partial charge in [-0.2, -0.15) is 0 Å². The summed E-state index contributed by atoms with van der Waals surface area (Å²) in [6, 6.07) is 19.5. The SMILES string of the molecule is CC(C)(C)[n+]1ccn(-c2cc3ccccc3c3ccccc23)c1. The number of fused-ring (bicyclic) bond motifs is 3. The molecule has 0 fully saturated rings. The molecule has 1 aromatic heterocycles. The average Bonchev–Trinajstić information content (AvgIpc) is 3.04. The number of rotatable bonds is 1. The van der Waals surface area contributed by atoms with E-state index in [9.17, 15) is 0 Å². The zero-order valence-corrected chi connectivity index (χ0v) is 13.8. The molecule has 0 N–H and O–H groups in total. The van der Waals surface area contributed by atoms with E-state index in [-0.39, 0.29) is 5.54 Å². The van der Waals surface area contributed by atoms with E-state index in [1.807, 2.05) is 0 Å². The molecule has 0 aliphatic rings. The van der Waals surface area contributed by atoms with Crippen molar-refractivity contribution in [2.45, 2.75) is 26.3 Å². The fraction of sp³-hybridized carbons (Fsp3) is 0.190. The third kappa shape index (κ3) is 2.31. The first-order valence-corrected chi connectivity index (χ1v) is 8.05. The highest BCUT2D eigenvalue weighted by Crippen LogP contribution is 2.30. The van der Waals surface area contributed by atoms with E-state index >= 15 is 0 Å². The molecule has 0 spiro atoms. The molecule has 0 atom stereocenters. The third-order valence-electron chi connectivity index (χ3n) is 4.44. The first kappa shape index (κ1) is 14.0. The van der Waals surface area contributed by atoms with Crippen molar-refractivity contribution in [3.8, 4) is 5.69 Å². The molecule has 2 heteroatoms. The largest absolute Gasteiger partial charge is 0.249 e. The monoisotopic (exact) mass is 301 g/mol. The maximum absolute atomic E-state index is 2.28. The molecule has 23 heavy (non-hydrogen) atoms. The van der Waals surface area contributed by atoms with Gasteiger partial charge in [-0.3, -0.25) is 0 Å². The second-order valence-electron chi connectivity index (χ2n) is 7.06. The molecule has 0 bridgehead atoms. The molecular formula is C21H21N2+. The summed E-state index contributed by atoms with van der Waals surface area (Å²) >= 11 is 0. The first-order valence-electron chi connectivity index (χ1n) is 8.05. The zero-order chi connectivity index (χ0) is 16.0. The Labute approximate surface area is 136 Å². The van der Waals surface area contributed by atoms with Gasteiger partial charge < -0.3 is 0 Å². The molecule has 3 aromatic carbocycles. The van der Waals surface area contributed by atoms with Crippen LogP contribution in [0.25, 0.3) is 27.2 Å². The van der Waals surface area contributed by atoms with Crippen molar-refractivity contribution in [2.75, 3.05) is 0 Å². The summed E-state index contributed by atoms with van der Waals surface area (Å²) in [4.78, 5) is 0.